The summed E-state index contributed by atoms with van der Waals surface area (Å²) in [6, 6.07) is 10.3. The van der Waals surface area contributed by atoms with Crippen molar-refractivity contribution in [3.63, 3.8) is 0 Å². The lowest BCUT2D eigenvalue weighted by Crippen LogP contribution is -2.36. The predicted octanol–water partition coefficient (Wildman–Crippen LogP) is 2.92. The van der Waals surface area contributed by atoms with E-state index in [9.17, 15) is 14.7 Å². The molecule has 0 radical (unpaired) electrons. The Morgan fingerprint density at radius 3 is 2.75 bits per heavy atom. The summed E-state index contributed by atoms with van der Waals surface area (Å²) >= 11 is 4.57. The Morgan fingerprint density at radius 1 is 1.30 bits per heavy atom. The maximum atomic E-state index is 12.2. The Bertz CT molecular complexity index is 712. The highest BCUT2D eigenvalue weighted by Crippen LogP contribution is 2.39. The molecule has 1 aliphatic rings. The van der Waals surface area contributed by atoms with Gasteiger partial charge in [-0.15, -0.1) is 11.3 Å². The molecule has 0 aliphatic carbocycles. The summed E-state index contributed by atoms with van der Waals surface area (Å²) in [6.45, 7) is 0. The molecule has 0 bridgehead atoms. The summed E-state index contributed by atoms with van der Waals surface area (Å²) in [6.07, 6.45) is -0.261. The molecular weight excluding hydrogens is 342 g/mol. The number of hydrogen-bond acceptors (Lipinski definition) is 4. The number of anilines is 1. The topological polar surface area (TPSA) is 66.4 Å². The van der Waals surface area contributed by atoms with Crippen molar-refractivity contribution in [1.29, 1.82) is 0 Å². The SMILES string of the molecule is O=C(C[C@@]1(O)C(=O)Nc2ccccc21)c1ccc(Br)s1. The third-order valence-corrected chi connectivity index (χ3v) is 4.93. The van der Waals surface area contributed by atoms with E-state index in [1.54, 1.807) is 36.4 Å². The number of halogens is 1. The zero-order valence-electron chi connectivity index (χ0n) is 10.2. The molecule has 20 heavy (non-hydrogen) atoms. The number of Topliss-reactive ketones (excluding diaryl/α,β-unsaturated/α-hetero) is 1. The molecule has 6 heteroatoms. The van der Waals surface area contributed by atoms with Gasteiger partial charge in [0.15, 0.2) is 11.4 Å². The van der Waals surface area contributed by atoms with Crippen molar-refractivity contribution in [2.75, 3.05) is 5.32 Å². The molecular formula is C14H10BrNO3S. The van der Waals surface area contributed by atoms with Crippen LogP contribution in [-0.4, -0.2) is 16.8 Å². The predicted molar refractivity (Wildman–Crippen MR) is 79.9 cm³/mol. The van der Waals surface area contributed by atoms with E-state index in [0.29, 0.717) is 16.1 Å². The first-order chi connectivity index (χ1) is 9.50. The largest absolute Gasteiger partial charge is 0.375 e. The summed E-state index contributed by atoms with van der Waals surface area (Å²) < 4.78 is 0.837. The van der Waals surface area contributed by atoms with Crippen LogP contribution in [0.15, 0.2) is 40.2 Å². The average molecular weight is 352 g/mol. The molecule has 0 saturated carbocycles. The zero-order valence-corrected chi connectivity index (χ0v) is 12.6. The molecule has 1 amide bonds. The third kappa shape index (κ3) is 2.09. The second kappa shape index (κ2) is 4.80. The van der Waals surface area contributed by atoms with Crippen LogP contribution in [0.2, 0.25) is 0 Å². The Morgan fingerprint density at radius 2 is 2.05 bits per heavy atom. The molecule has 2 aromatic rings. The van der Waals surface area contributed by atoms with Crippen LogP contribution in [0.1, 0.15) is 21.7 Å². The molecule has 1 aliphatic heterocycles. The minimum absolute atomic E-state index is 0.255. The molecule has 1 aromatic heterocycles. The number of rotatable bonds is 3. The maximum Gasteiger partial charge on any atom is 0.261 e. The van der Waals surface area contributed by atoms with Gasteiger partial charge in [0.2, 0.25) is 0 Å². The van der Waals surface area contributed by atoms with Crippen molar-refractivity contribution < 1.29 is 14.7 Å². The van der Waals surface area contributed by atoms with Gasteiger partial charge in [0.1, 0.15) is 0 Å². The minimum atomic E-state index is -1.79. The number of para-hydroxylation sites is 1. The van der Waals surface area contributed by atoms with Gasteiger partial charge in [-0.3, -0.25) is 9.59 Å². The summed E-state index contributed by atoms with van der Waals surface area (Å²) in [5.41, 5.74) is -0.779. The molecule has 2 heterocycles. The Labute approximate surface area is 127 Å². The van der Waals surface area contributed by atoms with Crippen molar-refractivity contribution in [3.05, 3.63) is 50.6 Å². The molecule has 102 valence electrons. The van der Waals surface area contributed by atoms with E-state index in [4.69, 9.17) is 0 Å². The second-order valence-electron chi connectivity index (χ2n) is 4.56. The molecule has 0 spiro atoms. The number of carbonyl (C=O) groups excluding carboxylic acids is 2. The quantitative estimate of drug-likeness (QED) is 0.835. The van der Waals surface area contributed by atoms with Gasteiger partial charge >= 0.3 is 0 Å². The number of ketones is 1. The third-order valence-electron chi connectivity index (χ3n) is 3.26. The van der Waals surface area contributed by atoms with Crippen molar-refractivity contribution in [2.24, 2.45) is 0 Å². The van der Waals surface area contributed by atoms with Crippen molar-refractivity contribution >= 4 is 44.6 Å². The normalized spacial score (nSPS) is 20.6. The summed E-state index contributed by atoms with van der Waals surface area (Å²) in [7, 11) is 0. The van der Waals surface area contributed by atoms with Crippen LogP contribution < -0.4 is 5.32 Å². The Hall–Kier alpha value is -1.50. The lowest BCUT2D eigenvalue weighted by Gasteiger charge is -2.19. The summed E-state index contributed by atoms with van der Waals surface area (Å²) in [5.74, 6) is -0.808. The van der Waals surface area contributed by atoms with Crippen molar-refractivity contribution in [3.8, 4) is 0 Å². The average Bonchev–Trinajstić information content (AvgIpc) is 2.94. The van der Waals surface area contributed by atoms with Crippen LogP contribution in [0, 0.1) is 0 Å². The number of carbonyl (C=O) groups is 2. The first-order valence-corrected chi connectivity index (χ1v) is 7.53. The number of thiophene rings is 1. The minimum Gasteiger partial charge on any atom is -0.375 e. The van der Waals surface area contributed by atoms with Gasteiger partial charge in [0.05, 0.1) is 15.1 Å². The van der Waals surface area contributed by atoms with Gasteiger partial charge < -0.3 is 10.4 Å². The number of amides is 1. The Kier molecular flexibility index (Phi) is 3.24. The van der Waals surface area contributed by atoms with E-state index in [2.05, 4.69) is 21.2 Å². The molecule has 0 fully saturated rings. The van der Waals surface area contributed by atoms with Crippen molar-refractivity contribution in [2.45, 2.75) is 12.0 Å². The van der Waals surface area contributed by atoms with Crippen LogP contribution in [0.5, 0.6) is 0 Å². The number of fused-ring (bicyclic) bond motifs is 1. The number of nitrogens with one attached hydrogen (secondary N) is 1. The number of hydrogen-bond donors (Lipinski definition) is 2. The van der Waals surface area contributed by atoms with E-state index in [1.807, 2.05) is 0 Å². The highest BCUT2D eigenvalue weighted by Gasteiger charge is 2.46. The highest BCUT2D eigenvalue weighted by atomic mass is 79.9. The fourth-order valence-electron chi connectivity index (χ4n) is 2.26. The molecule has 1 aromatic carbocycles. The second-order valence-corrected chi connectivity index (χ2v) is 7.03. The lowest BCUT2D eigenvalue weighted by atomic mass is 9.89. The number of aliphatic hydroxyl groups is 1. The smallest absolute Gasteiger partial charge is 0.261 e. The van der Waals surface area contributed by atoms with Gasteiger partial charge in [-0.05, 0) is 34.1 Å². The molecule has 0 saturated heterocycles. The Balaban J connectivity index is 1.93. The van der Waals surface area contributed by atoms with Crippen LogP contribution in [0.4, 0.5) is 5.69 Å². The van der Waals surface area contributed by atoms with Crippen LogP contribution >= 0.6 is 27.3 Å². The zero-order chi connectivity index (χ0) is 14.3. The van der Waals surface area contributed by atoms with Gasteiger partial charge in [-0.2, -0.15) is 0 Å². The van der Waals surface area contributed by atoms with E-state index in [-0.39, 0.29) is 12.2 Å². The van der Waals surface area contributed by atoms with Gasteiger partial charge in [-0.1, -0.05) is 18.2 Å². The van der Waals surface area contributed by atoms with Gasteiger partial charge in [-0.25, -0.2) is 0 Å². The highest BCUT2D eigenvalue weighted by molar-refractivity contribution is 9.11. The lowest BCUT2D eigenvalue weighted by molar-refractivity contribution is -0.133. The first kappa shape index (κ1) is 13.5. The molecule has 3 rings (SSSR count). The fourth-order valence-corrected chi connectivity index (χ4v) is 3.58. The first-order valence-electron chi connectivity index (χ1n) is 5.92. The maximum absolute atomic E-state index is 12.2. The molecule has 0 unspecified atom stereocenters. The monoisotopic (exact) mass is 351 g/mol. The molecule has 1 atom stereocenters. The van der Waals surface area contributed by atoms with E-state index < -0.39 is 11.5 Å². The number of benzene rings is 1. The molecule has 4 nitrogen and oxygen atoms in total. The van der Waals surface area contributed by atoms with E-state index in [0.717, 1.165) is 3.79 Å². The van der Waals surface area contributed by atoms with Gasteiger partial charge in [0, 0.05) is 11.3 Å². The fraction of sp³-hybridized carbons (Fsp3) is 0.143. The van der Waals surface area contributed by atoms with Gasteiger partial charge in [0.25, 0.3) is 5.91 Å². The summed E-state index contributed by atoms with van der Waals surface area (Å²) in [4.78, 5) is 24.7. The van der Waals surface area contributed by atoms with Crippen molar-refractivity contribution in [1.82, 2.24) is 0 Å². The summed E-state index contributed by atoms with van der Waals surface area (Å²) in [5, 5.41) is 13.2. The van der Waals surface area contributed by atoms with Crippen LogP contribution in [0.25, 0.3) is 0 Å². The van der Waals surface area contributed by atoms with E-state index >= 15 is 0 Å². The van der Waals surface area contributed by atoms with Crippen LogP contribution in [-0.2, 0) is 10.4 Å². The molecule has 2 N–H and O–H groups in total. The standard InChI is InChI=1S/C14H10BrNO3S/c15-12-6-5-11(20-12)10(17)7-14(19)8-3-1-2-4-9(8)16-13(14)18/h1-6,19H,7H2,(H,16,18)/t14-/m0/s1. The van der Waals surface area contributed by atoms with E-state index in [1.165, 1.54) is 11.3 Å². The van der Waals surface area contributed by atoms with Crippen LogP contribution in [0.3, 0.4) is 0 Å².